The lowest BCUT2D eigenvalue weighted by molar-refractivity contribution is 0.210. The molecule has 1 N–H and O–H groups in total. The van der Waals surface area contributed by atoms with Crippen molar-refractivity contribution in [3.63, 3.8) is 0 Å². The van der Waals surface area contributed by atoms with Crippen molar-refractivity contribution in [3.8, 4) is 6.01 Å². The lowest BCUT2D eigenvalue weighted by atomic mass is 10.2. The third kappa shape index (κ3) is 3.71. The summed E-state index contributed by atoms with van der Waals surface area (Å²) in [5.74, 6) is -0.0265. The average molecular weight is 353 g/mol. The summed E-state index contributed by atoms with van der Waals surface area (Å²) < 4.78 is 31.2. The molecule has 1 aromatic heterocycles. The van der Waals surface area contributed by atoms with E-state index in [0.717, 1.165) is 5.56 Å². The molecule has 0 aliphatic heterocycles. The fraction of sp³-hybridized carbons (Fsp3) is 0.357. The molecule has 0 spiro atoms. The number of hydrogen-bond acceptors (Lipinski definition) is 8. The summed E-state index contributed by atoms with van der Waals surface area (Å²) in [5, 5.41) is 2.88. The van der Waals surface area contributed by atoms with Gasteiger partial charge in [0.1, 0.15) is 0 Å². The molecule has 1 heterocycles. The molecule has 10 heteroatoms. The van der Waals surface area contributed by atoms with Crippen molar-refractivity contribution in [2.45, 2.75) is 18.7 Å². The Morgan fingerprint density at radius 3 is 2.33 bits per heavy atom. The van der Waals surface area contributed by atoms with Gasteiger partial charge in [-0.3, -0.25) is 4.84 Å². The number of aryl methyl sites for hydroxylation is 1. The fourth-order valence-corrected chi connectivity index (χ4v) is 3.01. The number of rotatable bonds is 7. The molecule has 24 heavy (non-hydrogen) atoms. The fourth-order valence-electron chi connectivity index (χ4n) is 1.85. The molecule has 1 aromatic carbocycles. The predicted molar refractivity (Wildman–Crippen MR) is 88.4 cm³/mol. The Hall–Kier alpha value is -2.46. The van der Waals surface area contributed by atoms with Crippen LogP contribution in [-0.2, 0) is 14.9 Å². The van der Waals surface area contributed by atoms with Crippen LogP contribution >= 0.6 is 0 Å². The molecule has 0 saturated carbocycles. The van der Waals surface area contributed by atoms with Crippen LogP contribution in [0.15, 0.2) is 29.2 Å². The molecule has 0 amide bonds. The zero-order valence-electron chi connectivity index (χ0n) is 13.8. The van der Waals surface area contributed by atoms with Gasteiger partial charge in [0.25, 0.3) is 16.0 Å². The number of nitrogens with zero attached hydrogens (tertiary/aromatic N) is 4. The highest BCUT2D eigenvalue weighted by Crippen LogP contribution is 2.23. The Kier molecular flexibility index (Phi) is 5.52. The maximum Gasteiger partial charge on any atom is 0.322 e. The Bertz CT molecular complexity index is 795. The van der Waals surface area contributed by atoms with Crippen molar-refractivity contribution in [3.05, 3.63) is 29.8 Å². The minimum absolute atomic E-state index is 0.0305. The second-order valence-corrected chi connectivity index (χ2v) is 6.46. The molecule has 0 fully saturated rings. The maximum absolute atomic E-state index is 12.8. The first-order valence-corrected chi connectivity index (χ1v) is 8.56. The molecule has 0 unspecified atom stereocenters. The van der Waals surface area contributed by atoms with E-state index in [-0.39, 0.29) is 22.8 Å². The first kappa shape index (κ1) is 17.9. The van der Waals surface area contributed by atoms with Gasteiger partial charge in [-0.2, -0.15) is 23.4 Å². The molecule has 2 aromatic rings. The molecule has 0 saturated heterocycles. The number of benzene rings is 1. The van der Waals surface area contributed by atoms with Crippen LogP contribution in [0.5, 0.6) is 6.01 Å². The number of sulfonamides is 1. The maximum atomic E-state index is 12.8. The third-order valence-electron chi connectivity index (χ3n) is 2.99. The summed E-state index contributed by atoms with van der Waals surface area (Å²) in [6.45, 7) is 4.27. The Morgan fingerprint density at radius 2 is 1.79 bits per heavy atom. The van der Waals surface area contributed by atoms with E-state index in [9.17, 15) is 8.42 Å². The smallest absolute Gasteiger partial charge is 0.322 e. The highest BCUT2D eigenvalue weighted by molar-refractivity contribution is 7.92. The lowest BCUT2D eigenvalue weighted by Gasteiger charge is -2.20. The molecule has 130 valence electrons. The second kappa shape index (κ2) is 7.41. The van der Waals surface area contributed by atoms with Gasteiger partial charge >= 0.3 is 6.01 Å². The number of aromatic nitrogens is 3. The van der Waals surface area contributed by atoms with Gasteiger partial charge in [0.15, 0.2) is 0 Å². The van der Waals surface area contributed by atoms with E-state index in [1.807, 2.05) is 13.8 Å². The summed E-state index contributed by atoms with van der Waals surface area (Å²) in [7, 11) is -1.41. The highest BCUT2D eigenvalue weighted by Gasteiger charge is 2.29. The number of methoxy groups -OCH3 is 1. The molecule has 0 aliphatic carbocycles. The number of ether oxygens (including phenoxy) is 1. The number of anilines is 2. The normalized spacial score (nSPS) is 11.2. The van der Waals surface area contributed by atoms with Crippen LogP contribution in [0.2, 0.25) is 0 Å². The van der Waals surface area contributed by atoms with Crippen molar-refractivity contribution in [1.29, 1.82) is 0 Å². The highest BCUT2D eigenvalue weighted by atomic mass is 32.2. The summed E-state index contributed by atoms with van der Waals surface area (Å²) >= 11 is 0. The van der Waals surface area contributed by atoms with E-state index in [1.165, 1.54) is 26.4 Å². The van der Waals surface area contributed by atoms with Crippen molar-refractivity contribution in [2.24, 2.45) is 0 Å². The van der Waals surface area contributed by atoms with E-state index in [4.69, 9.17) is 9.57 Å². The molecule has 9 nitrogen and oxygen atoms in total. The largest absolute Gasteiger partial charge is 0.467 e. The topological polar surface area (TPSA) is 107 Å². The van der Waals surface area contributed by atoms with Crippen molar-refractivity contribution in [1.82, 2.24) is 15.0 Å². The van der Waals surface area contributed by atoms with Crippen molar-refractivity contribution < 1.29 is 18.0 Å². The number of nitrogens with one attached hydrogen (secondary N) is 1. The predicted octanol–water partition coefficient (Wildman–Crippen LogP) is 1.38. The van der Waals surface area contributed by atoms with Gasteiger partial charge in [0.05, 0.1) is 19.1 Å². The zero-order chi connectivity index (χ0) is 17.7. The van der Waals surface area contributed by atoms with Gasteiger partial charge in [-0.25, -0.2) is 0 Å². The molecule has 0 bridgehead atoms. The van der Waals surface area contributed by atoms with Gasteiger partial charge < -0.3 is 10.1 Å². The Morgan fingerprint density at radius 1 is 1.12 bits per heavy atom. The van der Waals surface area contributed by atoms with Crippen LogP contribution in [0.25, 0.3) is 0 Å². The summed E-state index contributed by atoms with van der Waals surface area (Å²) in [6, 6.07) is 6.33. The lowest BCUT2D eigenvalue weighted by Crippen LogP contribution is -2.32. The van der Waals surface area contributed by atoms with Gasteiger partial charge in [-0.05, 0) is 26.0 Å². The number of hydrogen-bond donors (Lipinski definition) is 1. The van der Waals surface area contributed by atoms with Gasteiger partial charge in [-0.1, -0.05) is 17.7 Å². The average Bonchev–Trinajstić information content (AvgIpc) is 2.55. The minimum Gasteiger partial charge on any atom is -0.467 e. The van der Waals surface area contributed by atoms with Crippen LogP contribution in [-0.4, -0.2) is 44.1 Å². The van der Waals surface area contributed by atoms with Crippen LogP contribution < -0.4 is 14.5 Å². The summed E-state index contributed by atoms with van der Waals surface area (Å²) in [4.78, 5) is 17.1. The molecule has 2 rings (SSSR count). The first-order valence-electron chi connectivity index (χ1n) is 7.12. The SMILES string of the molecule is CCNc1nc(OC)nc(N(OC)S(=O)(=O)c2ccc(C)cc2)n1. The van der Waals surface area contributed by atoms with E-state index < -0.39 is 10.0 Å². The zero-order valence-corrected chi connectivity index (χ0v) is 14.7. The molecule has 0 radical (unpaired) electrons. The Balaban J connectivity index is 2.50. The summed E-state index contributed by atoms with van der Waals surface area (Å²) in [6.07, 6.45) is 0. The molecular weight excluding hydrogens is 334 g/mol. The standard InChI is InChI=1S/C14H19N5O4S/c1-5-15-12-16-13(18-14(17-12)22-3)19(23-4)24(20,21)11-8-6-10(2)7-9-11/h6-9H,5H2,1-4H3,(H,15,16,17,18). The Labute approximate surface area is 140 Å². The molecule has 0 atom stereocenters. The van der Waals surface area contributed by atoms with Gasteiger partial charge in [0, 0.05) is 6.54 Å². The van der Waals surface area contributed by atoms with Crippen LogP contribution in [0.3, 0.4) is 0 Å². The second-order valence-electron chi connectivity index (χ2n) is 4.70. The molecular formula is C14H19N5O4S. The van der Waals surface area contributed by atoms with E-state index >= 15 is 0 Å². The molecule has 0 aliphatic rings. The van der Waals surface area contributed by atoms with E-state index in [2.05, 4.69) is 20.3 Å². The van der Waals surface area contributed by atoms with E-state index in [1.54, 1.807) is 12.1 Å². The third-order valence-corrected chi connectivity index (χ3v) is 4.60. The quantitative estimate of drug-likeness (QED) is 0.744. The van der Waals surface area contributed by atoms with Crippen LogP contribution in [0.4, 0.5) is 11.9 Å². The van der Waals surface area contributed by atoms with Crippen LogP contribution in [0.1, 0.15) is 12.5 Å². The van der Waals surface area contributed by atoms with Crippen LogP contribution in [0, 0.1) is 6.92 Å². The minimum atomic E-state index is -4.00. The van der Waals surface area contributed by atoms with Gasteiger partial charge in [-0.15, -0.1) is 4.47 Å². The van der Waals surface area contributed by atoms with E-state index in [0.29, 0.717) is 11.0 Å². The summed E-state index contributed by atoms with van der Waals surface area (Å²) in [5.41, 5.74) is 0.939. The monoisotopic (exact) mass is 353 g/mol. The van der Waals surface area contributed by atoms with Crippen molar-refractivity contribution >= 4 is 21.9 Å². The van der Waals surface area contributed by atoms with Gasteiger partial charge in [0.2, 0.25) is 5.95 Å². The van der Waals surface area contributed by atoms with Crippen molar-refractivity contribution in [2.75, 3.05) is 30.5 Å². The first-order chi connectivity index (χ1) is 11.4.